The average molecular weight is 357 g/mol. The second-order valence-electron chi connectivity index (χ2n) is 4.66. The molecule has 0 saturated heterocycles. The molecule has 0 aliphatic carbocycles. The zero-order valence-electron chi connectivity index (χ0n) is 12.1. The number of carbonyl (C=O) groups is 1. The molecule has 2 aromatic rings. The van der Waals surface area contributed by atoms with Gasteiger partial charge in [-0.1, -0.05) is 23.7 Å². The zero-order chi connectivity index (χ0) is 17.0. The van der Waals surface area contributed by atoms with E-state index in [9.17, 15) is 17.6 Å². The van der Waals surface area contributed by atoms with Gasteiger partial charge in [0.1, 0.15) is 5.82 Å². The highest BCUT2D eigenvalue weighted by molar-refractivity contribution is 7.89. The normalized spacial score (nSPS) is 11.3. The van der Waals surface area contributed by atoms with Crippen molar-refractivity contribution in [3.63, 3.8) is 0 Å². The fourth-order valence-electron chi connectivity index (χ4n) is 1.89. The Morgan fingerprint density at radius 3 is 2.61 bits per heavy atom. The van der Waals surface area contributed by atoms with Crippen molar-refractivity contribution in [3.05, 3.63) is 64.4 Å². The molecule has 2 aromatic carbocycles. The van der Waals surface area contributed by atoms with E-state index in [0.29, 0.717) is 5.56 Å². The third kappa shape index (κ3) is 4.28. The maximum atomic E-state index is 13.1. The first-order valence-corrected chi connectivity index (χ1v) is 8.45. The summed E-state index contributed by atoms with van der Waals surface area (Å²) in [4.78, 5) is 12.1. The van der Waals surface area contributed by atoms with Crippen molar-refractivity contribution in [1.29, 1.82) is 0 Å². The Balaban J connectivity index is 2.20. The van der Waals surface area contributed by atoms with Crippen molar-refractivity contribution >= 4 is 27.5 Å². The second kappa shape index (κ2) is 7.08. The van der Waals surface area contributed by atoms with Crippen LogP contribution in [0.2, 0.25) is 5.02 Å². The molecular weight excluding hydrogens is 343 g/mol. The van der Waals surface area contributed by atoms with E-state index in [1.165, 1.54) is 43.4 Å². The van der Waals surface area contributed by atoms with E-state index >= 15 is 0 Å². The highest BCUT2D eigenvalue weighted by Gasteiger charge is 2.17. The number of carbonyl (C=O) groups excluding carboxylic acids is 1. The van der Waals surface area contributed by atoms with Gasteiger partial charge in [0.2, 0.25) is 10.0 Å². The third-order valence-electron chi connectivity index (χ3n) is 3.10. The van der Waals surface area contributed by atoms with Crippen LogP contribution in [0, 0.1) is 5.82 Å². The molecule has 0 aromatic heterocycles. The summed E-state index contributed by atoms with van der Waals surface area (Å²) in [6.07, 6.45) is 0. The first kappa shape index (κ1) is 17.4. The number of halogens is 2. The van der Waals surface area contributed by atoms with Crippen LogP contribution in [-0.2, 0) is 16.6 Å². The number of rotatable bonds is 5. The van der Waals surface area contributed by atoms with E-state index in [-0.39, 0.29) is 22.0 Å². The molecule has 0 aliphatic heterocycles. The number of hydrogen-bond acceptors (Lipinski definition) is 3. The molecule has 0 atom stereocenters. The molecule has 2 N–H and O–H groups in total. The minimum absolute atomic E-state index is 0.0272. The van der Waals surface area contributed by atoms with E-state index < -0.39 is 21.7 Å². The van der Waals surface area contributed by atoms with E-state index in [1.807, 2.05) is 0 Å². The fraction of sp³-hybridized carbons (Fsp3) is 0.133. The largest absolute Gasteiger partial charge is 0.348 e. The van der Waals surface area contributed by atoms with Crippen LogP contribution in [0.4, 0.5) is 4.39 Å². The quantitative estimate of drug-likeness (QED) is 0.863. The van der Waals surface area contributed by atoms with Crippen molar-refractivity contribution in [2.45, 2.75) is 11.4 Å². The lowest BCUT2D eigenvalue weighted by Crippen LogP contribution is -2.24. The highest BCUT2D eigenvalue weighted by atomic mass is 35.5. The molecule has 0 bridgehead atoms. The summed E-state index contributed by atoms with van der Waals surface area (Å²) < 4.78 is 38.8. The van der Waals surface area contributed by atoms with E-state index in [0.717, 1.165) is 0 Å². The number of nitrogens with one attached hydrogen (secondary N) is 2. The predicted molar refractivity (Wildman–Crippen MR) is 85.3 cm³/mol. The van der Waals surface area contributed by atoms with Crippen molar-refractivity contribution in [1.82, 2.24) is 10.0 Å². The Kier molecular flexibility index (Phi) is 5.35. The lowest BCUT2D eigenvalue weighted by atomic mass is 10.2. The maximum absolute atomic E-state index is 13.1. The standard InChI is InChI=1S/C15H14ClFN2O3S/c1-18-23(21,22)12-5-6-14(16)13(8-12)15(20)19-9-10-3-2-4-11(17)7-10/h2-8,18H,9H2,1H3,(H,19,20). The monoisotopic (exact) mass is 356 g/mol. The highest BCUT2D eigenvalue weighted by Crippen LogP contribution is 2.20. The lowest BCUT2D eigenvalue weighted by Gasteiger charge is -2.09. The lowest BCUT2D eigenvalue weighted by molar-refractivity contribution is 0.0951. The van der Waals surface area contributed by atoms with Crippen LogP contribution in [0.15, 0.2) is 47.4 Å². The molecule has 122 valence electrons. The van der Waals surface area contributed by atoms with Gasteiger partial charge in [0.05, 0.1) is 15.5 Å². The van der Waals surface area contributed by atoms with Crippen molar-refractivity contribution in [2.24, 2.45) is 0 Å². The Bertz CT molecular complexity index is 840. The Morgan fingerprint density at radius 2 is 1.96 bits per heavy atom. The first-order chi connectivity index (χ1) is 10.8. The number of amides is 1. The molecule has 23 heavy (non-hydrogen) atoms. The first-order valence-electron chi connectivity index (χ1n) is 6.59. The summed E-state index contributed by atoms with van der Waals surface area (Å²) in [7, 11) is -2.41. The van der Waals surface area contributed by atoms with Crippen LogP contribution in [-0.4, -0.2) is 21.4 Å². The smallest absolute Gasteiger partial charge is 0.253 e. The third-order valence-corrected chi connectivity index (χ3v) is 4.85. The minimum atomic E-state index is -3.68. The predicted octanol–water partition coefficient (Wildman–Crippen LogP) is 2.32. The SMILES string of the molecule is CNS(=O)(=O)c1ccc(Cl)c(C(=O)NCc2cccc(F)c2)c1. The van der Waals surface area contributed by atoms with Gasteiger partial charge in [0.15, 0.2) is 0 Å². The summed E-state index contributed by atoms with van der Waals surface area (Å²) in [5.41, 5.74) is 0.605. The van der Waals surface area contributed by atoms with Crippen molar-refractivity contribution in [2.75, 3.05) is 7.05 Å². The fourth-order valence-corrected chi connectivity index (χ4v) is 2.85. The average Bonchev–Trinajstić information content (AvgIpc) is 2.53. The van der Waals surface area contributed by atoms with Gasteiger partial charge in [-0.25, -0.2) is 17.5 Å². The van der Waals surface area contributed by atoms with Crippen LogP contribution in [0.1, 0.15) is 15.9 Å². The van der Waals surface area contributed by atoms with Gasteiger partial charge in [0, 0.05) is 6.54 Å². The topological polar surface area (TPSA) is 75.3 Å². The van der Waals surface area contributed by atoms with Gasteiger partial charge in [-0.2, -0.15) is 0 Å². The van der Waals surface area contributed by atoms with E-state index in [1.54, 1.807) is 6.07 Å². The molecular formula is C15H14ClFN2O3S. The van der Waals surface area contributed by atoms with Crippen LogP contribution >= 0.6 is 11.6 Å². The molecule has 0 aliphatic rings. The van der Waals surface area contributed by atoms with E-state index in [2.05, 4.69) is 10.0 Å². The van der Waals surface area contributed by atoms with E-state index in [4.69, 9.17) is 11.6 Å². The Morgan fingerprint density at radius 1 is 1.22 bits per heavy atom. The van der Waals surface area contributed by atoms with Crippen LogP contribution in [0.5, 0.6) is 0 Å². The molecule has 0 saturated carbocycles. The Labute approximate surface area is 138 Å². The molecule has 0 spiro atoms. The maximum Gasteiger partial charge on any atom is 0.253 e. The molecule has 0 radical (unpaired) electrons. The molecule has 2 rings (SSSR count). The molecule has 0 heterocycles. The van der Waals surface area contributed by atoms with Gasteiger partial charge < -0.3 is 5.32 Å². The summed E-state index contributed by atoms with van der Waals surface area (Å²) in [6.45, 7) is 0.0932. The second-order valence-corrected chi connectivity index (χ2v) is 6.96. The summed E-state index contributed by atoms with van der Waals surface area (Å²) in [6, 6.07) is 9.62. The van der Waals surface area contributed by atoms with Crippen molar-refractivity contribution in [3.8, 4) is 0 Å². The van der Waals surface area contributed by atoms with Crippen LogP contribution < -0.4 is 10.0 Å². The van der Waals surface area contributed by atoms with Crippen LogP contribution in [0.3, 0.4) is 0 Å². The molecule has 0 fully saturated rings. The van der Waals surface area contributed by atoms with Gasteiger partial charge in [-0.05, 0) is 42.9 Å². The molecule has 5 nitrogen and oxygen atoms in total. The molecule has 0 unspecified atom stereocenters. The number of hydrogen-bond donors (Lipinski definition) is 2. The van der Waals surface area contributed by atoms with Gasteiger partial charge >= 0.3 is 0 Å². The van der Waals surface area contributed by atoms with Crippen LogP contribution in [0.25, 0.3) is 0 Å². The summed E-state index contributed by atoms with van der Waals surface area (Å²) in [5.74, 6) is -0.954. The summed E-state index contributed by atoms with van der Waals surface area (Å²) >= 11 is 5.96. The van der Waals surface area contributed by atoms with Gasteiger partial charge in [-0.3, -0.25) is 4.79 Å². The molecule has 1 amide bonds. The molecule has 8 heteroatoms. The number of sulfonamides is 1. The van der Waals surface area contributed by atoms with Gasteiger partial charge in [-0.15, -0.1) is 0 Å². The summed E-state index contributed by atoms with van der Waals surface area (Å²) in [5, 5.41) is 2.70. The Hall–Kier alpha value is -1.96. The zero-order valence-corrected chi connectivity index (χ0v) is 13.7. The minimum Gasteiger partial charge on any atom is -0.348 e. The van der Waals surface area contributed by atoms with Gasteiger partial charge in [0.25, 0.3) is 5.91 Å². The number of benzene rings is 2. The van der Waals surface area contributed by atoms with Crippen molar-refractivity contribution < 1.29 is 17.6 Å².